The van der Waals surface area contributed by atoms with Crippen LogP contribution in [0.2, 0.25) is 0 Å². The van der Waals surface area contributed by atoms with E-state index in [0.29, 0.717) is 11.6 Å². The summed E-state index contributed by atoms with van der Waals surface area (Å²) in [5, 5.41) is 3.07. The van der Waals surface area contributed by atoms with Crippen LogP contribution in [0.3, 0.4) is 0 Å². The summed E-state index contributed by atoms with van der Waals surface area (Å²) in [4.78, 5) is 13.5. The third-order valence-electron chi connectivity index (χ3n) is 4.89. The predicted molar refractivity (Wildman–Crippen MR) is 116 cm³/mol. The molecular formula is C23H24FN5. The second-order valence-electron chi connectivity index (χ2n) is 6.97. The first-order valence-corrected chi connectivity index (χ1v) is 9.81. The number of nitrogens with zero attached hydrogens (tertiary/aromatic N) is 4. The number of aromatic nitrogens is 2. The van der Waals surface area contributed by atoms with Crippen molar-refractivity contribution in [1.82, 2.24) is 14.9 Å². The zero-order valence-corrected chi connectivity index (χ0v) is 16.2. The van der Waals surface area contributed by atoms with E-state index >= 15 is 0 Å². The van der Waals surface area contributed by atoms with Crippen molar-refractivity contribution >= 4 is 23.5 Å². The molecule has 5 nitrogen and oxygen atoms in total. The topological polar surface area (TPSA) is 44.3 Å². The molecule has 148 valence electrons. The molecule has 29 heavy (non-hydrogen) atoms. The quantitative estimate of drug-likeness (QED) is 0.685. The fourth-order valence-corrected chi connectivity index (χ4v) is 3.34. The van der Waals surface area contributed by atoms with Gasteiger partial charge in [-0.1, -0.05) is 48.6 Å². The average molecular weight is 389 g/mol. The molecule has 0 radical (unpaired) electrons. The zero-order valence-electron chi connectivity index (χ0n) is 16.2. The van der Waals surface area contributed by atoms with Crippen molar-refractivity contribution in [3.8, 4) is 0 Å². The fourth-order valence-electron chi connectivity index (χ4n) is 3.34. The van der Waals surface area contributed by atoms with Gasteiger partial charge in [0, 0.05) is 44.6 Å². The summed E-state index contributed by atoms with van der Waals surface area (Å²) in [6.45, 7) is 4.73. The van der Waals surface area contributed by atoms with Crippen LogP contribution in [-0.2, 0) is 0 Å². The van der Waals surface area contributed by atoms with E-state index in [1.54, 1.807) is 18.3 Å². The summed E-state index contributed by atoms with van der Waals surface area (Å²) in [5.74, 6) is 1.07. The van der Waals surface area contributed by atoms with Gasteiger partial charge in [-0.2, -0.15) is 4.98 Å². The molecule has 1 saturated heterocycles. The van der Waals surface area contributed by atoms with Crippen molar-refractivity contribution in [3.63, 3.8) is 0 Å². The number of hydrogen-bond donors (Lipinski definition) is 1. The van der Waals surface area contributed by atoms with Crippen molar-refractivity contribution < 1.29 is 4.39 Å². The van der Waals surface area contributed by atoms with E-state index in [1.807, 2.05) is 12.1 Å². The molecule has 0 spiro atoms. The van der Waals surface area contributed by atoms with Gasteiger partial charge in [-0.3, -0.25) is 4.90 Å². The van der Waals surface area contributed by atoms with Gasteiger partial charge in [-0.15, -0.1) is 0 Å². The van der Waals surface area contributed by atoms with Gasteiger partial charge in [-0.05, 0) is 29.8 Å². The van der Waals surface area contributed by atoms with Crippen LogP contribution in [0.25, 0.3) is 6.08 Å². The van der Waals surface area contributed by atoms with E-state index < -0.39 is 0 Å². The molecule has 1 fully saturated rings. The van der Waals surface area contributed by atoms with Crippen LogP contribution in [0.4, 0.5) is 21.8 Å². The lowest BCUT2D eigenvalue weighted by atomic mass is 10.2. The Morgan fingerprint density at radius 1 is 0.966 bits per heavy atom. The van der Waals surface area contributed by atoms with E-state index in [2.05, 4.69) is 61.5 Å². The maximum absolute atomic E-state index is 13.4. The molecule has 2 aromatic carbocycles. The molecule has 1 N–H and O–H groups in total. The molecule has 1 aliphatic rings. The number of anilines is 3. The minimum atomic E-state index is -0.288. The summed E-state index contributed by atoms with van der Waals surface area (Å²) in [6.07, 6.45) is 6.12. The van der Waals surface area contributed by atoms with E-state index in [1.165, 1.54) is 17.7 Å². The molecule has 0 amide bonds. The lowest BCUT2D eigenvalue weighted by Crippen LogP contribution is -2.46. The highest BCUT2D eigenvalue weighted by Crippen LogP contribution is 2.18. The summed E-state index contributed by atoms with van der Waals surface area (Å²) >= 11 is 0. The number of rotatable bonds is 6. The zero-order chi connectivity index (χ0) is 19.9. The first kappa shape index (κ1) is 19.1. The number of hydrogen-bond acceptors (Lipinski definition) is 5. The highest BCUT2D eigenvalue weighted by molar-refractivity contribution is 5.55. The monoisotopic (exact) mass is 389 g/mol. The second kappa shape index (κ2) is 9.30. The molecular weight excluding hydrogens is 365 g/mol. The van der Waals surface area contributed by atoms with Crippen molar-refractivity contribution in [2.24, 2.45) is 0 Å². The molecule has 0 aliphatic carbocycles. The van der Waals surface area contributed by atoms with Crippen LogP contribution in [0.5, 0.6) is 0 Å². The van der Waals surface area contributed by atoms with Crippen LogP contribution in [0.15, 0.2) is 72.9 Å². The van der Waals surface area contributed by atoms with Crippen LogP contribution >= 0.6 is 0 Å². The number of nitrogens with one attached hydrogen (secondary N) is 1. The Labute approximate surface area is 170 Å². The molecule has 4 rings (SSSR count). The Morgan fingerprint density at radius 2 is 1.79 bits per heavy atom. The molecule has 0 saturated carbocycles. The highest BCUT2D eigenvalue weighted by Gasteiger charge is 2.17. The van der Waals surface area contributed by atoms with Gasteiger partial charge in [0.05, 0.1) is 0 Å². The Hall–Kier alpha value is -3.25. The van der Waals surface area contributed by atoms with Gasteiger partial charge < -0.3 is 10.2 Å². The fraction of sp³-hybridized carbons (Fsp3) is 0.217. The number of benzene rings is 2. The van der Waals surface area contributed by atoms with Crippen molar-refractivity contribution in [2.45, 2.75) is 0 Å². The SMILES string of the molecule is Fc1cccc(Nc2nccc(N3CCN(C/C=C/c4ccccc4)CC3)n2)c1. The van der Waals surface area contributed by atoms with Gasteiger partial charge in [0.15, 0.2) is 0 Å². The smallest absolute Gasteiger partial charge is 0.229 e. The Kier molecular flexibility index (Phi) is 6.12. The van der Waals surface area contributed by atoms with Crippen LogP contribution < -0.4 is 10.2 Å². The maximum Gasteiger partial charge on any atom is 0.229 e. The lowest BCUT2D eigenvalue weighted by molar-refractivity contribution is 0.283. The van der Waals surface area contributed by atoms with E-state index in [4.69, 9.17) is 0 Å². The molecule has 3 aromatic rings. The van der Waals surface area contributed by atoms with Gasteiger partial charge in [0.25, 0.3) is 0 Å². The van der Waals surface area contributed by atoms with Gasteiger partial charge >= 0.3 is 0 Å². The number of piperazine rings is 1. The molecule has 0 atom stereocenters. The van der Waals surface area contributed by atoms with E-state index in [0.717, 1.165) is 38.5 Å². The largest absolute Gasteiger partial charge is 0.354 e. The molecule has 0 bridgehead atoms. The third kappa shape index (κ3) is 5.39. The van der Waals surface area contributed by atoms with Crippen LogP contribution in [-0.4, -0.2) is 47.6 Å². The first-order valence-electron chi connectivity index (χ1n) is 9.81. The summed E-state index contributed by atoms with van der Waals surface area (Å²) < 4.78 is 13.4. The second-order valence-corrected chi connectivity index (χ2v) is 6.97. The lowest BCUT2D eigenvalue weighted by Gasteiger charge is -2.34. The van der Waals surface area contributed by atoms with Crippen molar-refractivity contribution in [3.05, 3.63) is 84.3 Å². The average Bonchev–Trinajstić information content (AvgIpc) is 2.75. The first-order chi connectivity index (χ1) is 14.3. The summed E-state index contributed by atoms with van der Waals surface area (Å²) in [6, 6.07) is 18.6. The van der Waals surface area contributed by atoms with Gasteiger partial charge in [0.2, 0.25) is 5.95 Å². The third-order valence-corrected chi connectivity index (χ3v) is 4.89. The molecule has 1 aliphatic heterocycles. The minimum absolute atomic E-state index is 0.288. The standard InChI is InChI=1S/C23H24FN5/c24-20-9-4-10-21(18-20)26-23-25-12-11-22(27-23)29-16-14-28(15-17-29)13-5-8-19-6-2-1-3-7-19/h1-12,18H,13-17H2,(H,25,26,27)/b8-5+. The highest BCUT2D eigenvalue weighted by atomic mass is 19.1. The van der Waals surface area contributed by atoms with Crippen LogP contribution in [0.1, 0.15) is 5.56 Å². The van der Waals surface area contributed by atoms with Crippen LogP contribution in [0, 0.1) is 5.82 Å². The van der Waals surface area contributed by atoms with E-state index in [-0.39, 0.29) is 5.82 Å². The number of halogens is 1. The maximum atomic E-state index is 13.4. The van der Waals surface area contributed by atoms with Crippen molar-refractivity contribution in [2.75, 3.05) is 42.9 Å². The Morgan fingerprint density at radius 3 is 2.59 bits per heavy atom. The molecule has 6 heteroatoms. The van der Waals surface area contributed by atoms with Crippen molar-refractivity contribution in [1.29, 1.82) is 0 Å². The Bertz CT molecular complexity index is 952. The molecule has 1 aromatic heterocycles. The minimum Gasteiger partial charge on any atom is -0.354 e. The van der Waals surface area contributed by atoms with Gasteiger partial charge in [0.1, 0.15) is 11.6 Å². The van der Waals surface area contributed by atoms with E-state index in [9.17, 15) is 4.39 Å². The normalized spacial score (nSPS) is 15.0. The Balaban J connectivity index is 1.31. The molecule has 2 heterocycles. The molecule has 0 unspecified atom stereocenters. The van der Waals surface area contributed by atoms with Gasteiger partial charge in [-0.25, -0.2) is 9.37 Å². The summed E-state index contributed by atoms with van der Waals surface area (Å²) in [5.41, 5.74) is 1.86. The predicted octanol–water partition coefficient (Wildman–Crippen LogP) is 4.19. The summed E-state index contributed by atoms with van der Waals surface area (Å²) in [7, 11) is 0.